The topological polar surface area (TPSA) is 12.0 Å². The maximum Gasteiger partial charge on any atom is 0.416 e. The summed E-state index contributed by atoms with van der Waals surface area (Å²) in [6.07, 6.45) is -4.33. The third-order valence-corrected chi connectivity index (χ3v) is 4.74. The monoisotopic (exact) mass is 377 g/mol. The first kappa shape index (κ1) is 16.4. The van der Waals surface area contributed by atoms with Crippen molar-refractivity contribution < 1.29 is 13.2 Å². The fourth-order valence-corrected chi connectivity index (χ4v) is 3.45. The van der Waals surface area contributed by atoms with E-state index in [9.17, 15) is 13.2 Å². The molecular formula is C15H15BrF3NS. The van der Waals surface area contributed by atoms with Crippen LogP contribution < -0.4 is 5.32 Å². The Bertz CT molecular complexity index is 593. The van der Waals surface area contributed by atoms with Crippen molar-refractivity contribution in [3.05, 3.63) is 50.6 Å². The first-order valence-electron chi connectivity index (χ1n) is 6.45. The molecule has 1 aromatic carbocycles. The van der Waals surface area contributed by atoms with Crippen LogP contribution in [0.1, 0.15) is 30.3 Å². The van der Waals surface area contributed by atoms with Crippen LogP contribution in [-0.4, -0.2) is 0 Å². The molecule has 1 atom stereocenters. The van der Waals surface area contributed by atoms with Crippen LogP contribution in [0.2, 0.25) is 0 Å². The lowest BCUT2D eigenvalue weighted by molar-refractivity contribution is -0.137. The van der Waals surface area contributed by atoms with E-state index in [2.05, 4.69) is 35.1 Å². The van der Waals surface area contributed by atoms with Gasteiger partial charge >= 0.3 is 6.18 Å². The summed E-state index contributed by atoms with van der Waals surface area (Å²) >= 11 is 4.86. The van der Waals surface area contributed by atoms with Crippen LogP contribution in [0, 0.1) is 5.92 Å². The van der Waals surface area contributed by atoms with Crippen LogP contribution in [0.5, 0.6) is 0 Å². The van der Waals surface area contributed by atoms with Crippen LogP contribution >= 0.6 is 27.3 Å². The lowest BCUT2D eigenvalue weighted by Crippen LogP contribution is -2.16. The van der Waals surface area contributed by atoms with Gasteiger partial charge in [-0.25, -0.2) is 0 Å². The van der Waals surface area contributed by atoms with Gasteiger partial charge in [0.05, 0.1) is 11.6 Å². The Labute approximate surface area is 134 Å². The lowest BCUT2D eigenvalue weighted by Gasteiger charge is -2.23. The highest BCUT2D eigenvalue weighted by atomic mass is 79.9. The average molecular weight is 378 g/mol. The van der Waals surface area contributed by atoms with Gasteiger partial charge in [-0.3, -0.25) is 0 Å². The lowest BCUT2D eigenvalue weighted by atomic mass is 10.0. The largest absolute Gasteiger partial charge is 0.416 e. The first-order chi connectivity index (χ1) is 9.79. The first-order valence-corrected chi connectivity index (χ1v) is 8.13. The van der Waals surface area contributed by atoms with E-state index in [0.717, 1.165) is 17.0 Å². The minimum atomic E-state index is -4.33. The summed E-state index contributed by atoms with van der Waals surface area (Å²) in [4.78, 5) is 1.16. The molecule has 1 unspecified atom stereocenters. The third-order valence-electron chi connectivity index (χ3n) is 3.12. The summed E-state index contributed by atoms with van der Waals surface area (Å²) in [6.45, 7) is 4.16. The standard InChI is InChI=1S/C15H15BrF3NS/c1-9(2)14(13-4-3-7-21-13)20-12-6-5-10(8-11(12)16)15(17,18)19/h3-9,14,20H,1-2H3. The molecule has 0 spiro atoms. The van der Waals surface area contributed by atoms with Gasteiger partial charge in [-0.1, -0.05) is 19.9 Å². The van der Waals surface area contributed by atoms with E-state index < -0.39 is 11.7 Å². The van der Waals surface area contributed by atoms with Crippen LogP contribution in [0.25, 0.3) is 0 Å². The van der Waals surface area contributed by atoms with E-state index in [1.807, 2.05) is 17.5 Å². The van der Waals surface area contributed by atoms with E-state index in [0.29, 0.717) is 16.1 Å². The molecule has 0 aliphatic carbocycles. The van der Waals surface area contributed by atoms with Gasteiger partial charge in [0.2, 0.25) is 0 Å². The maximum atomic E-state index is 12.7. The number of hydrogen-bond acceptors (Lipinski definition) is 2. The Morgan fingerprint density at radius 1 is 1.19 bits per heavy atom. The summed E-state index contributed by atoms with van der Waals surface area (Å²) in [5.74, 6) is 0.317. The molecule has 1 aromatic heterocycles. The molecule has 1 heterocycles. The second-order valence-corrected chi connectivity index (χ2v) is 6.91. The molecule has 1 N–H and O–H groups in total. The molecule has 0 amide bonds. The van der Waals surface area contributed by atoms with Crippen LogP contribution in [0.15, 0.2) is 40.2 Å². The van der Waals surface area contributed by atoms with Gasteiger partial charge in [0.15, 0.2) is 0 Å². The molecule has 0 saturated carbocycles. The molecule has 0 aliphatic heterocycles. The van der Waals surface area contributed by atoms with Gasteiger partial charge < -0.3 is 5.32 Å². The van der Waals surface area contributed by atoms with E-state index in [1.165, 1.54) is 6.07 Å². The maximum absolute atomic E-state index is 12.7. The van der Waals surface area contributed by atoms with Gasteiger partial charge in [-0.2, -0.15) is 13.2 Å². The Morgan fingerprint density at radius 3 is 2.38 bits per heavy atom. The summed E-state index contributed by atoms with van der Waals surface area (Å²) in [5.41, 5.74) is 0.00671. The summed E-state index contributed by atoms with van der Waals surface area (Å²) in [5, 5.41) is 5.32. The number of anilines is 1. The third kappa shape index (κ3) is 4.01. The number of hydrogen-bond donors (Lipinski definition) is 1. The fraction of sp³-hybridized carbons (Fsp3) is 0.333. The number of halogens is 4. The van der Waals surface area contributed by atoms with Gasteiger partial charge in [0.1, 0.15) is 0 Å². The predicted molar refractivity (Wildman–Crippen MR) is 84.7 cm³/mol. The smallest absolute Gasteiger partial charge is 0.376 e. The molecule has 1 nitrogen and oxygen atoms in total. The zero-order valence-electron chi connectivity index (χ0n) is 11.5. The number of alkyl halides is 3. The van der Waals surface area contributed by atoms with Crippen molar-refractivity contribution >= 4 is 33.0 Å². The molecular weight excluding hydrogens is 363 g/mol. The van der Waals surface area contributed by atoms with Crippen molar-refractivity contribution in [2.45, 2.75) is 26.1 Å². The second-order valence-electron chi connectivity index (χ2n) is 5.07. The van der Waals surface area contributed by atoms with Crippen molar-refractivity contribution in [3.63, 3.8) is 0 Å². The molecule has 0 saturated heterocycles. The number of thiophene rings is 1. The molecule has 6 heteroatoms. The Balaban J connectivity index is 2.26. The molecule has 0 radical (unpaired) electrons. The number of rotatable bonds is 4. The van der Waals surface area contributed by atoms with Crippen LogP contribution in [0.3, 0.4) is 0 Å². The Kier molecular flexibility index (Phi) is 4.99. The summed E-state index contributed by atoms with van der Waals surface area (Å²) in [6, 6.07) is 7.74. The molecule has 0 aliphatic rings. The highest BCUT2D eigenvalue weighted by Crippen LogP contribution is 2.36. The van der Waals surface area contributed by atoms with Gasteiger partial charge in [0, 0.05) is 15.0 Å². The number of benzene rings is 1. The van der Waals surface area contributed by atoms with Crippen molar-refractivity contribution in [2.24, 2.45) is 5.92 Å². The van der Waals surface area contributed by atoms with Crippen molar-refractivity contribution in [1.82, 2.24) is 0 Å². The minimum Gasteiger partial charge on any atom is -0.376 e. The zero-order valence-corrected chi connectivity index (χ0v) is 13.9. The van der Waals surface area contributed by atoms with E-state index in [1.54, 1.807) is 11.3 Å². The van der Waals surface area contributed by atoms with Gasteiger partial charge in [0.25, 0.3) is 0 Å². The molecule has 0 fully saturated rings. The van der Waals surface area contributed by atoms with Crippen molar-refractivity contribution in [3.8, 4) is 0 Å². The van der Waals surface area contributed by atoms with Gasteiger partial charge in [-0.15, -0.1) is 11.3 Å². The Hall–Kier alpha value is -1.01. The molecule has 114 valence electrons. The van der Waals surface area contributed by atoms with E-state index in [-0.39, 0.29) is 6.04 Å². The zero-order chi connectivity index (χ0) is 15.6. The molecule has 21 heavy (non-hydrogen) atoms. The Morgan fingerprint density at radius 2 is 1.90 bits per heavy atom. The summed E-state index contributed by atoms with van der Waals surface area (Å²) in [7, 11) is 0. The minimum absolute atomic E-state index is 0.0676. The van der Waals surface area contributed by atoms with Crippen LogP contribution in [0.4, 0.5) is 18.9 Å². The molecule has 0 bridgehead atoms. The SMILES string of the molecule is CC(C)C(Nc1ccc(C(F)(F)F)cc1Br)c1cccs1. The normalized spacial score (nSPS) is 13.5. The fourth-order valence-electron chi connectivity index (χ4n) is 2.01. The van der Waals surface area contributed by atoms with E-state index in [4.69, 9.17) is 0 Å². The molecule has 2 rings (SSSR count). The second kappa shape index (κ2) is 6.40. The van der Waals surface area contributed by atoms with E-state index >= 15 is 0 Å². The summed E-state index contributed by atoms with van der Waals surface area (Å²) < 4.78 is 38.4. The quantitative estimate of drug-likeness (QED) is 0.655. The van der Waals surface area contributed by atoms with Crippen molar-refractivity contribution in [2.75, 3.05) is 5.32 Å². The van der Waals surface area contributed by atoms with Crippen LogP contribution in [-0.2, 0) is 6.18 Å². The van der Waals surface area contributed by atoms with Crippen molar-refractivity contribution in [1.29, 1.82) is 0 Å². The van der Waals surface area contributed by atoms with Gasteiger partial charge in [-0.05, 0) is 51.5 Å². The average Bonchev–Trinajstić information content (AvgIpc) is 2.89. The molecule has 2 aromatic rings. The predicted octanol–water partition coefficient (Wildman–Crippen LogP) is 6.34. The highest BCUT2D eigenvalue weighted by Gasteiger charge is 2.31. The highest BCUT2D eigenvalue weighted by molar-refractivity contribution is 9.10. The number of nitrogens with one attached hydrogen (secondary N) is 1.